The lowest BCUT2D eigenvalue weighted by molar-refractivity contribution is -0.164. The third kappa shape index (κ3) is 1.44. The summed E-state index contributed by atoms with van der Waals surface area (Å²) in [6.07, 6.45) is 3.53. The number of aliphatic carboxylic acids is 1. The van der Waals surface area contributed by atoms with E-state index in [1.165, 1.54) is 0 Å². The SMILES string of the molecule is C=CC(=O)OC1CC2CCC1(C(=O)O)C2. The van der Waals surface area contributed by atoms with Gasteiger partial charge in [-0.1, -0.05) is 6.58 Å². The molecule has 0 aromatic rings. The summed E-state index contributed by atoms with van der Waals surface area (Å²) in [5, 5.41) is 9.23. The Morgan fingerprint density at radius 3 is 2.80 bits per heavy atom. The van der Waals surface area contributed by atoms with Gasteiger partial charge in [0.1, 0.15) is 11.5 Å². The van der Waals surface area contributed by atoms with Gasteiger partial charge in [0.2, 0.25) is 0 Å². The average Bonchev–Trinajstić information content (AvgIpc) is 2.76. The highest BCUT2D eigenvalue weighted by atomic mass is 16.5. The summed E-state index contributed by atoms with van der Waals surface area (Å²) in [5.41, 5.74) is -0.816. The minimum atomic E-state index is -0.829. The predicted octanol–water partition coefficient (Wildman–Crippen LogP) is 1.36. The zero-order valence-electron chi connectivity index (χ0n) is 8.44. The van der Waals surface area contributed by atoms with Crippen molar-refractivity contribution in [1.29, 1.82) is 0 Å². The Kier molecular flexibility index (Phi) is 2.29. The smallest absolute Gasteiger partial charge is 0.330 e. The first-order chi connectivity index (χ1) is 7.08. The Morgan fingerprint density at radius 2 is 2.27 bits per heavy atom. The third-order valence-corrected chi connectivity index (χ3v) is 3.67. The minimum absolute atomic E-state index is 0.406. The molecule has 0 aromatic carbocycles. The van der Waals surface area contributed by atoms with Crippen molar-refractivity contribution in [1.82, 2.24) is 0 Å². The second-order valence-corrected chi connectivity index (χ2v) is 4.44. The monoisotopic (exact) mass is 210 g/mol. The molecule has 4 heteroatoms. The molecule has 2 rings (SSSR count). The van der Waals surface area contributed by atoms with Crippen LogP contribution >= 0.6 is 0 Å². The summed E-state index contributed by atoms with van der Waals surface area (Å²) < 4.78 is 5.12. The van der Waals surface area contributed by atoms with E-state index in [4.69, 9.17) is 4.74 Å². The number of hydrogen-bond donors (Lipinski definition) is 1. The Morgan fingerprint density at radius 1 is 1.53 bits per heavy atom. The Labute approximate surface area is 87.9 Å². The number of rotatable bonds is 3. The second-order valence-electron chi connectivity index (χ2n) is 4.44. The standard InChI is InChI=1S/C11H14O4/c1-2-9(12)15-8-5-7-3-4-11(8,6-7)10(13)14/h2,7-8H,1,3-6H2,(H,13,14). The van der Waals surface area contributed by atoms with E-state index in [-0.39, 0.29) is 0 Å². The first-order valence-corrected chi connectivity index (χ1v) is 5.15. The molecule has 82 valence electrons. The van der Waals surface area contributed by atoms with Gasteiger partial charge in [0, 0.05) is 6.08 Å². The summed E-state index contributed by atoms with van der Waals surface area (Å²) in [6, 6.07) is 0. The first-order valence-electron chi connectivity index (χ1n) is 5.15. The summed E-state index contributed by atoms with van der Waals surface area (Å²) in [5.74, 6) is -0.943. The maximum Gasteiger partial charge on any atom is 0.330 e. The van der Waals surface area contributed by atoms with Crippen LogP contribution in [-0.2, 0) is 14.3 Å². The highest BCUT2D eigenvalue weighted by Crippen LogP contribution is 2.55. The number of carboxylic acids is 1. The van der Waals surface area contributed by atoms with Crippen LogP contribution in [0.15, 0.2) is 12.7 Å². The van der Waals surface area contributed by atoms with Gasteiger partial charge in [0.25, 0.3) is 0 Å². The summed E-state index contributed by atoms with van der Waals surface area (Å²) >= 11 is 0. The lowest BCUT2D eigenvalue weighted by Gasteiger charge is -2.30. The molecule has 2 bridgehead atoms. The highest BCUT2D eigenvalue weighted by molar-refractivity contribution is 5.83. The van der Waals surface area contributed by atoms with E-state index in [2.05, 4.69) is 6.58 Å². The maximum atomic E-state index is 11.2. The molecule has 0 saturated heterocycles. The molecule has 15 heavy (non-hydrogen) atoms. The van der Waals surface area contributed by atoms with Crippen LogP contribution < -0.4 is 0 Å². The van der Waals surface area contributed by atoms with Gasteiger partial charge in [-0.3, -0.25) is 4.79 Å². The molecule has 2 aliphatic carbocycles. The molecule has 3 unspecified atom stereocenters. The van der Waals surface area contributed by atoms with E-state index in [9.17, 15) is 14.7 Å². The van der Waals surface area contributed by atoms with Crippen LogP contribution in [0.3, 0.4) is 0 Å². The third-order valence-electron chi connectivity index (χ3n) is 3.67. The first kappa shape index (κ1) is 10.2. The molecule has 0 spiro atoms. The summed E-state index contributed by atoms with van der Waals surface area (Å²) in [6.45, 7) is 3.31. The van der Waals surface area contributed by atoms with Gasteiger partial charge in [0.15, 0.2) is 0 Å². The quantitative estimate of drug-likeness (QED) is 0.564. The van der Waals surface area contributed by atoms with Gasteiger partial charge in [-0.2, -0.15) is 0 Å². The topological polar surface area (TPSA) is 63.6 Å². The number of carbonyl (C=O) groups excluding carboxylic acids is 1. The van der Waals surface area contributed by atoms with Gasteiger partial charge in [-0.15, -0.1) is 0 Å². The van der Waals surface area contributed by atoms with Crippen molar-refractivity contribution >= 4 is 11.9 Å². The van der Waals surface area contributed by atoms with E-state index in [0.717, 1.165) is 12.5 Å². The number of ether oxygens (including phenoxy) is 1. The molecule has 1 N–H and O–H groups in total. The molecule has 2 aliphatic rings. The van der Waals surface area contributed by atoms with E-state index in [0.29, 0.717) is 25.2 Å². The molecule has 3 atom stereocenters. The Balaban J connectivity index is 2.16. The van der Waals surface area contributed by atoms with E-state index in [1.54, 1.807) is 0 Å². The fraction of sp³-hybridized carbons (Fsp3) is 0.636. The molecular formula is C11H14O4. The summed E-state index contributed by atoms with van der Waals surface area (Å²) in [7, 11) is 0. The number of esters is 1. The van der Waals surface area contributed by atoms with E-state index in [1.807, 2.05) is 0 Å². The van der Waals surface area contributed by atoms with Crippen LogP contribution in [0.25, 0.3) is 0 Å². The van der Waals surface area contributed by atoms with E-state index < -0.39 is 23.5 Å². The van der Waals surface area contributed by atoms with Crippen LogP contribution in [0.4, 0.5) is 0 Å². The number of fused-ring (bicyclic) bond motifs is 2. The zero-order valence-corrected chi connectivity index (χ0v) is 8.44. The van der Waals surface area contributed by atoms with Crippen molar-refractivity contribution in [2.45, 2.75) is 31.8 Å². The highest BCUT2D eigenvalue weighted by Gasteiger charge is 2.58. The normalized spacial score (nSPS) is 37.6. The zero-order chi connectivity index (χ0) is 11.1. The largest absolute Gasteiger partial charge is 0.481 e. The van der Waals surface area contributed by atoms with Crippen molar-refractivity contribution in [3.63, 3.8) is 0 Å². The second kappa shape index (κ2) is 3.36. The van der Waals surface area contributed by atoms with Crippen molar-refractivity contribution in [3.8, 4) is 0 Å². The van der Waals surface area contributed by atoms with Crippen LogP contribution in [0.1, 0.15) is 25.7 Å². The lowest BCUT2D eigenvalue weighted by Crippen LogP contribution is -2.40. The fourth-order valence-electron chi connectivity index (χ4n) is 2.88. The Hall–Kier alpha value is -1.32. The number of hydrogen-bond acceptors (Lipinski definition) is 3. The van der Waals surface area contributed by atoms with Crippen molar-refractivity contribution < 1.29 is 19.4 Å². The lowest BCUT2D eigenvalue weighted by atomic mass is 9.82. The minimum Gasteiger partial charge on any atom is -0.481 e. The van der Waals surface area contributed by atoms with Crippen molar-refractivity contribution in [2.24, 2.45) is 11.3 Å². The van der Waals surface area contributed by atoms with Crippen molar-refractivity contribution in [3.05, 3.63) is 12.7 Å². The molecule has 0 amide bonds. The molecular weight excluding hydrogens is 196 g/mol. The van der Waals surface area contributed by atoms with Crippen LogP contribution in [-0.4, -0.2) is 23.1 Å². The summed E-state index contributed by atoms with van der Waals surface area (Å²) in [4.78, 5) is 22.3. The van der Waals surface area contributed by atoms with Gasteiger partial charge in [0.05, 0.1) is 0 Å². The molecule has 2 fully saturated rings. The molecule has 0 aliphatic heterocycles. The average molecular weight is 210 g/mol. The van der Waals surface area contributed by atoms with Gasteiger partial charge >= 0.3 is 11.9 Å². The van der Waals surface area contributed by atoms with Gasteiger partial charge in [-0.05, 0) is 31.6 Å². The van der Waals surface area contributed by atoms with Gasteiger partial charge in [-0.25, -0.2) is 4.79 Å². The van der Waals surface area contributed by atoms with Crippen LogP contribution in [0.2, 0.25) is 0 Å². The fourth-order valence-corrected chi connectivity index (χ4v) is 2.88. The molecule has 0 aromatic heterocycles. The molecule has 0 heterocycles. The Bertz CT molecular complexity index is 323. The van der Waals surface area contributed by atoms with E-state index >= 15 is 0 Å². The van der Waals surface area contributed by atoms with Crippen LogP contribution in [0.5, 0.6) is 0 Å². The molecule has 2 saturated carbocycles. The predicted molar refractivity (Wildman–Crippen MR) is 52.1 cm³/mol. The number of carbonyl (C=O) groups is 2. The number of carboxylic acid groups (broad SMARTS) is 1. The van der Waals surface area contributed by atoms with Crippen molar-refractivity contribution in [2.75, 3.05) is 0 Å². The maximum absolute atomic E-state index is 11.2. The van der Waals surface area contributed by atoms with Crippen LogP contribution in [0, 0.1) is 11.3 Å². The molecule has 4 nitrogen and oxygen atoms in total. The van der Waals surface area contributed by atoms with Gasteiger partial charge < -0.3 is 9.84 Å². The molecule has 0 radical (unpaired) electrons.